The van der Waals surface area contributed by atoms with Crippen LogP contribution in [0.1, 0.15) is 82.6 Å². The number of halogens is 1. The molecule has 6 nitrogen and oxygen atoms in total. The lowest BCUT2D eigenvalue weighted by atomic mass is 9.76. The first-order valence-electron chi connectivity index (χ1n) is 12.0. The highest BCUT2D eigenvalue weighted by atomic mass is 19.1. The number of ketones is 2. The Balaban J connectivity index is 1.73. The van der Waals surface area contributed by atoms with Gasteiger partial charge < -0.3 is 15.6 Å². The number of hydrogen-bond acceptors (Lipinski definition) is 6. The van der Waals surface area contributed by atoms with Gasteiger partial charge in [0.25, 0.3) is 0 Å². The number of nitrogens with zero attached hydrogens (tertiary/aromatic N) is 1. The van der Waals surface area contributed by atoms with Crippen molar-refractivity contribution in [3.05, 3.63) is 69.8 Å². The third kappa shape index (κ3) is 5.39. The molecule has 3 N–H and O–H groups in total. The molecule has 1 atom stereocenters. The van der Waals surface area contributed by atoms with Gasteiger partial charge in [-0.05, 0) is 30.5 Å². The van der Waals surface area contributed by atoms with Crippen molar-refractivity contribution in [2.24, 2.45) is 5.73 Å². The molecule has 0 bridgehead atoms. The Bertz CT molecular complexity index is 1080. The van der Waals surface area contributed by atoms with Crippen LogP contribution in [0, 0.1) is 17.1 Å². The van der Waals surface area contributed by atoms with Crippen molar-refractivity contribution in [2.45, 2.75) is 77.0 Å². The first-order valence-corrected chi connectivity index (χ1v) is 12.0. The molecule has 2 aliphatic rings. The van der Waals surface area contributed by atoms with Gasteiger partial charge in [-0.1, -0.05) is 70.4 Å². The Morgan fingerprint density at radius 3 is 2.18 bits per heavy atom. The summed E-state index contributed by atoms with van der Waals surface area (Å²) >= 11 is 0. The summed E-state index contributed by atoms with van der Waals surface area (Å²) in [6.45, 7) is 2.19. The average Bonchev–Trinajstić information content (AvgIpc) is 2.83. The maximum absolute atomic E-state index is 13.5. The van der Waals surface area contributed by atoms with Crippen molar-refractivity contribution in [1.82, 2.24) is 0 Å². The van der Waals surface area contributed by atoms with E-state index in [1.54, 1.807) is 0 Å². The SMILES string of the molecule is CCCCCCCCCCCC1=C(O)C(=O)C2=C(OC(N)=C(C#N)C2c2ccc(F)cc2)C1=O. The highest BCUT2D eigenvalue weighted by Crippen LogP contribution is 2.43. The second-order valence-electron chi connectivity index (χ2n) is 8.78. The van der Waals surface area contributed by atoms with Gasteiger partial charge in [0.2, 0.25) is 17.4 Å². The minimum absolute atomic E-state index is 0.0118. The van der Waals surface area contributed by atoms with E-state index < -0.39 is 29.1 Å². The number of nitrogens with two attached hydrogens (primary N) is 1. The van der Waals surface area contributed by atoms with Crippen LogP contribution in [-0.2, 0) is 14.3 Å². The molecule has 0 aromatic heterocycles. The molecule has 3 rings (SSSR count). The first-order chi connectivity index (χ1) is 16.4. The largest absolute Gasteiger partial charge is 0.504 e. The second-order valence-corrected chi connectivity index (χ2v) is 8.78. The topological polar surface area (TPSA) is 113 Å². The number of Topliss-reactive ketones (excluding diaryl/α,β-unsaturated/α-hetero) is 2. The third-order valence-electron chi connectivity index (χ3n) is 6.38. The summed E-state index contributed by atoms with van der Waals surface area (Å²) in [6.07, 6.45) is 10.1. The van der Waals surface area contributed by atoms with Crippen LogP contribution in [0.3, 0.4) is 0 Å². The van der Waals surface area contributed by atoms with Gasteiger partial charge in [-0.2, -0.15) is 5.26 Å². The molecule has 0 amide bonds. The van der Waals surface area contributed by atoms with Gasteiger partial charge in [0.15, 0.2) is 11.5 Å². The number of ether oxygens (including phenoxy) is 1. The fourth-order valence-corrected chi connectivity index (χ4v) is 4.50. The quantitative estimate of drug-likeness (QED) is 0.316. The van der Waals surface area contributed by atoms with Gasteiger partial charge in [0, 0.05) is 5.57 Å². The number of benzene rings is 1. The van der Waals surface area contributed by atoms with E-state index in [1.165, 1.54) is 56.4 Å². The summed E-state index contributed by atoms with van der Waals surface area (Å²) in [4.78, 5) is 26.3. The summed E-state index contributed by atoms with van der Waals surface area (Å²) in [5, 5.41) is 20.3. The molecule has 0 saturated carbocycles. The Labute approximate surface area is 199 Å². The monoisotopic (exact) mass is 466 g/mol. The average molecular weight is 467 g/mol. The Kier molecular flexibility index (Phi) is 8.64. The van der Waals surface area contributed by atoms with Gasteiger partial charge >= 0.3 is 0 Å². The maximum Gasteiger partial charge on any atom is 0.228 e. The highest BCUT2D eigenvalue weighted by molar-refractivity contribution is 6.24. The van der Waals surface area contributed by atoms with E-state index in [2.05, 4.69) is 6.92 Å². The van der Waals surface area contributed by atoms with Gasteiger partial charge in [-0.25, -0.2) is 4.39 Å². The molecular formula is C27H31FN2O4. The predicted molar refractivity (Wildman–Crippen MR) is 126 cm³/mol. The summed E-state index contributed by atoms with van der Waals surface area (Å²) in [6, 6.07) is 7.13. The van der Waals surface area contributed by atoms with Crippen molar-refractivity contribution in [1.29, 1.82) is 5.26 Å². The molecule has 0 saturated heterocycles. The number of hydrogen-bond donors (Lipinski definition) is 2. The van der Waals surface area contributed by atoms with Crippen molar-refractivity contribution in [3.63, 3.8) is 0 Å². The minimum atomic E-state index is -1.03. The zero-order chi connectivity index (χ0) is 24.7. The molecule has 1 heterocycles. The van der Waals surface area contributed by atoms with Crippen molar-refractivity contribution in [3.8, 4) is 6.07 Å². The first kappa shape index (κ1) is 25.2. The maximum atomic E-state index is 13.5. The summed E-state index contributed by atoms with van der Waals surface area (Å²) in [7, 11) is 0. The molecular weight excluding hydrogens is 435 g/mol. The highest BCUT2D eigenvalue weighted by Gasteiger charge is 2.44. The lowest BCUT2D eigenvalue weighted by molar-refractivity contribution is -0.120. The number of rotatable bonds is 11. The van der Waals surface area contributed by atoms with E-state index >= 15 is 0 Å². The van der Waals surface area contributed by atoms with Gasteiger partial charge in [-0.3, -0.25) is 9.59 Å². The van der Waals surface area contributed by atoms with Crippen LogP contribution >= 0.6 is 0 Å². The Morgan fingerprint density at radius 2 is 1.59 bits per heavy atom. The molecule has 7 heteroatoms. The van der Waals surface area contributed by atoms with Crippen LogP contribution in [-0.4, -0.2) is 16.7 Å². The van der Waals surface area contributed by atoms with Crippen molar-refractivity contribution < 1.29 is 23.8 Å². The smallest absolute Gasteiger partial charge is 0.228 e. The van der Waals surface area contributed by atoms with Crippen LogP contribution < -0.4 is 5.73 Å². The van der Waals surface area contributed by atoms with Crippen LogP contribution in [0.4, 0.5) is 4.39 Å². The number of aliphatic hydroxyl groups excluding tert-OH is 1. The zero-order valence-electron chi connectivity index (χ0n) is 19.5. The normalized spacial score (nSPS) is 18.2. The van der Waals surface area contributed by atoms with Crippen LogP contribution in [0.5, 0.6) is 0 Å². The number of nitriles is 1. The van der Waals surface area contributed by atoms with E-state index in [0.29, 0.717) is 12.0 Å². The molecule has 1 unspecified atom stereocenters. The van der Waals surface area contributed by atoms with Crippen LogP contribution in [0.2, 0.25) is 0 Å². The number of carbonyl (C=O) groups is 2. The zero-order valence-corrected chi connectivity index (χ0v) is 19.5. The fourth-order valence-electron chi connectivity index (χ4n) is 4.50. The fraction of sp³-hybridized carbons (Fsp3) is 0.444. The Hall–Kier alpha value is -3.40. The van der Waals surface area contributed by atoms with E-state index in [1.807, 2.05) is 6.07 Å². The minimum Gasteiger partial charge on any atom is -0.504 e. The summed E-state index contributed by atoms with van der Waals surface area (Å²) in [5.41, 5.74) is 6.12. The molecule has 0 radical (unpaired) electrons. The number of aliphatic hydroxyl groups is 1. The van der Waals surface area contributed by atoms with Gasteiger partial charge in [0.05, 0.1) is 11.5 Å². The standard InChI is InChI=1S/C27H31FN2O4/c1-2-3-4-5-6-7-8-9-10-11-19-23(31)25(33)22-21(17-12-14-18(28)15-13-17)20(16-29)27(30)34-26(22)24(19)32/h12-15,21,31H,2-11,30H2,1H3. The molecule has 0 fully saturated rings. The number of unbranched alkanes of at least 4 members (excludes halogenated alkanes) is 8. The predicted octanol–water partition coefficient (Wildman–Crippen LogP) is 5.77. The van der Waals surface area contributed by atoms with Crippen LogP contribution in [0.25, 0.3) is 0 Å². The molecule has 1 aliphatic carbocycles. The Morgan fingerprint density at radius 1 is 1.00 bits per heavy atom. The van der Waals surface area contributed by atoms with E-state index in [0.717, 1.165) is 19.3 Å². The van der Waals surface area contributed by atoms with E-state index in [4.69, 9.17) is 10.5 Å². The van der Waals surface area contributed by atoms with E-state index in [9.17, 15) is 24.3 Å². The van der Waals surface area contributed by atoms with E-state index in [-0.39, 0.29) is 34.8 Å². The molecule has 34 heavy (non-hydrogen) atoms. The molecule has 1 aliphatic heterocycles. The summed E-state index contributed by atoms with van der Waals surface area (Å²) < 4.78 is 18.9. The molecule has 1 aromatic carbocycles. The second kappa shape index (κ2) is 11.6. The summed E-state index contributed by atoms with van der Waals surface area (Å²) in [5.74, 6) is -4.04. The molecule has 180 valence electrons. The number of carbonyl (C=O) groups excluding carboxylic acids is 2. The lowest BCUT2D eigenvalue weighted by Gasteiger charge is -2.30. The lowest BCUT2D eigenvalue weighted by Crippen LogP contribution is -2.33. The van der Waals surface area contributed by atoms with Crippen LogP contribution in [0.15, 0.2) is 58.4 Å². The van der Waals surface area contributed by atoms with Crippen molar-refractivity contribution in [2.75, 3.05) is 0 Å². The van der Waals surface area contributed by atoms with Gasteiger partial charge in [0.1, 0.15) is 17.5 Å². The molecule has 0 spiro atoms. The third-order valence-corrected chi connectivity index (χ3v) is 6.38. The van der Waals surface area contributed by atoms with Gasteiger partial charge in [-0.15, -0.1) is 0 Å². The number of allylic oxidation sites excluding steroid dienone is 3. The molecule has 1 aromatic rings. The van der Waals surface area contributed by atoms with Crippen molar-refractivity contribution >= 4 is 11.6 Å².